The van der Waals surface area contributed by atoms with Gasteiger partial charge in [0.05, 0.1) is 25.9 Å². The summed E-state index contributed by atoms with van der Waals surface area (Å²) in [5.74, 6) is 0.214. The number of rotatable bonds is 4. The average molecular weight is 344 g/mol. The maximum atomic E-state index is 12.9. The monoisotopic (exact) mass is 344 g/mol. The molecule has 1 fully saturated rings. The molecule has 1 saturated heterocycles. The Morgan fingerprint density at radius 2 is 1.88 bits per heavy atom. The van der Waals surface area contributed by atoms with Crippen molar-refractivity contribution in [2.24, 2.45) is 0 Å². The van der Waals surface area contributed by atoms with Gasteiger partial charge in [0, 0.05) is 13.1 Å². The second-order valence-electron chi connectivity index (χ2n) is 6.56. The second-order valence-corrected chi connectivity index (χ2v) is 6.56. The molecule has 0 saturated carbocycles. The van der Waals surface area contributed by atoms with Crippen molar-refractivity contribution in [1.82, 2.24) is 19.9 Å². The third-order valence-electron chi connectivity index (χ3n) is 4.25. The highest BCUT2D eigenvalue weighted by Crippen LogP contribution is 2.21. The Balaban J connectivity index is 1.81. The van der Waals surface area contributed by atoms with Crippen LogP contribution >= 0.6 is 0 Å². The first-order valence-corrected chi connectivity index (χ1v) is 8.45. The van der Waals surface area contributed by atoms with Crippen LogP contribution in [0.15, 0.2) is 24.3 Å². The molecule has 25 heavy (non-hydrogen) atoms. The number of methoxy groups -OCH3 is 1. The molecule has 2 aromatic rings. The van der Waals surface area contributed by atoms with Crippen molar-refractivity contribution in [3.63, 3.8) is 0 Å². The van der Waals surface area contributed by atoms with Gasteiger partial charge in [-0.15, -0.1) is 5.10 Å². The maximum Gasteiger partial charge on any atom is 0.280 e. The van der Waals surface area contributed by atoms with Crippen LogP contribution in [-0.4, -0.2) is 58.2 Å². The molecular weight excluding hydrogens is 320 g/mol. The van der Waals surface area contributed by atoms with Gasteiger partial charge in [0.1, 0.15) is 0 Å². The zero-order chi connectivity index (χ0) is 18.0. The van der Waals surface area contributed by atoms with E-state index in [1.807, 2.05) is 45.0 Å². The van der Waals surface area contributed by atoms with Crippen LogP contribution in [0.1, 0.15) is 35.5 Å². The Morgan fingerprint density at radius 3 is 2.48 bits per heavy atom. The van der Waals surface area contributed by atoms with Crippen molar-refractivity contribution in [1.29, 1.82) is 0 Å². The summed E-state index contributed by atoms with van der Waals surface area (Å²) in [5.41, 5.74) is 2.51. The molecule has 0 spiro atoms. The van der Waals surface area contributed by atoms with E-state index in [9.17, 15) is 4.79 Å². The van der Waals surface area contributed by atoms with Crippen LogP contribution in [0.4, 0.5) is 0 Å². The van der Waals surface area contributed by atoms with Crippen LogP contribution in [0.2, 0.25) is 0 Å². The Hall–Kier alpha value is -2.41. The Labute approximate surface area is 147 Å². The SMILES string of the molecule is COc1c(C(=O)N2CC(C)OC(C)C2)nnn1Cc1ccc(C)cc1. The number of ether oxygens (including phenoxy) is 2. The summed E-state index contributed by atoms with van der Waals surface area (Å²) in [6.45, 7) is 7.54. The van der Waals surface area contributed by atoms with E-state index in [0.717, 1.165) is 5.56 Å². The number of carbonyl (C=O) groups is 1. The highest BCUT2D eigenvalue weighted by molar-refractivity contribution is 5.94. The molecule has 2 heterocycles. The first kappa shape index (κ1) is 17.4. The maximum absolute atomic E-state index is 12.9. The van der Waals surface area contributed by atoms with Crippen molar-refractivity contribution in [2.75, 3.05) is 20.2 Å². The lowest BCUT2D eigenvalue weighted by Crippen LogP contribution is -2.48. The topological polar surface area (TPSA) is 69.5 Å². The van der Waals surface area contributed by atoms with E-state index in [1.165, 1.54) is 12.7 Å². The van der Waals surface area contributed by atoms with Gasteiger partial charge in [0.25, 0.3) is 5.91 Å². The summed E-state index contributed by atoms with van der Waals surface area (Å²) in [6, 6.07) is 8.15. The molecule has 3 rings (SSSR count). The first-order valence-electron chi connectivity index (χ1n) is 8.45. The lowest BCUT2D eigenvalue weighted by atomic mass is 10.1. The number of nitrogens with zero attached hydrogens (tertiary/aromatic N) is 4. The fourth-order valence-corrected chi connectivity index (χ4v) is 3.10. The first-order chi connectivity index (χ1) is 12.0. The molecule has 0 N–H and O–H groups in total. The van der Waals surface area contributed by atoms with Gasteiger partial charge >= 0.3 is 0 Å². The lowest BCUT2D eigenvalue weighted by molar-refractivity contribution is -0.0588. The zero-order valence-corrected chi connectivity index (χ0v) is 15.1. The third-order valence-corrected chi connectivity index (χ3v) is 4.25. The van der Waals surface area contributed by atoms with Crippen LogP contribution in [0, 0.1) is 6.92 Å². The summed E-state index contributed by atoms with van der Waals surface area (Å²) in [7, 11) is 1.53. The van der Waals surface area contributed by atoms with Gasteiger partial charge in [-0.3, -0.25) is 4.79 Å². The molecule has 1 aliphatic rings. The fraction of sp³-hybridized carbons (Fsp3) is 0.500. The van der Waals surface area contributed by atoms with Crippen molar-refractivity contribution in [3.8, 4) is 5.88 Å². The standard InChI is InChI=1S/C18H24N4O3/c1-12-5-7-15(8-6-12)11-22-18(24-4)16(19-20-22)17(23)21-9-13(2)25-14(3)10-21/h5-8,13-14H,9-11H2,1-4H3. The van der Waals surface area contributed by atoms with E-state index in [-0.39, 0.29) is 23.8 Å². The third kappa shape index (κ3) is 3.82. The van der Waals surface area contributed by atoms with Gasteiger partial charge in [0.15, 0.2) is 0 Å². The summed E-state index contributed by atoms with van der Waals surface area (Å²) < 4.78 is 12.7. The molecule has 134 valence electrons. The van der Waals surface area contributed by atoms with Crippen molar-refractivity contribution in [2.45, 2.75) is 39.5 Å². The molecule has 1 amide bonds. The molecule has 0 aliphatic carbocycles. The highest BCUT2D eigenvalue weighted by atomic mass is 16.5. The van der Waals surface area contributed by atoms with Crippen molar-refractivity contribution in [3.05, 3.63) is 41.1 Å². The Kier molecular flexibility index (Phi) is 5.03. The molecule has 0 bridgehead atoms. The van der Waals surface area contributed by atoms with Crippen LogP contribution in [-0.2, 0) is 11.3 Å². The van der Waals surface area contributed by atoms with Crippen LogP contribution in [0.3, 0.4) is 0 Å². The molecule has 7 heteroatoms. The quantitative estimate of drug-likeness (QED) is 0.847. The molecule has 1 aliphatic heterocycles. The smallest absolute Gasteiger partial charge is 0.280 e. The van der Waals surface area contributed by atoms with Crippen molar-refractivity contribution < 1.29 is 14.3 Å². The largest absolute Gasteiger partial charge is 0.479 e. The minimum Gasteiger partial charge on any atom is -0.479 e. The number of morpholine rings is 1. The molecule has 2 atom stereocenters. The van der Waals surface area contributed by atoms with Gasteiger partial charge in [0.2, 0.25) is 11.6 Å². The van der Waals surface area contributed by atoms with E-state index in [2.05, 4.69) is 10.3 Å². The van der Waals surface area contributed by atoms with Gasteiger partial charge in [-0.05, 0) is 26.3 Å². The number of hydrogen-bond donors (Lipinski definition) is 0. The van der Waals surface area contributed by atoms with Crippen LogP contribution < -0.4 is 4.74 Å². The van der Waals surface area contributed by atoms with Gasteiger partial charge in [-0.2, -0.15) is 0 Å². The number of aryl methyl sites for hydroxylation is 1. The lowest BCUT2D eigenvalue weighted by Gasteiger charge is -2.34. The second kappa shape index (κ2) is 7.23. The van der Waals surface area contributed by atoms with Gasteiger partial charge < -0.3 is 14.4 Å². The molecular formula is C18H24N4O3. The van der Waals surface area contributed by atoms with Gasteiger partial charge in [-0.25, -0.2) is 4.68 Å². The van der Waals surface area contributed by atoms with E-state index in [0.29, 0.717) is 25.5 Å². The van der Waals surface area contributed by atoms with E-state index < -0.39 is 0 Å². The number of benzene rings is 1. The molecule has 0 radical (unpaired) electrons. The minimum atomic E-state index is -0.172. The molecule has 1 aromatic heterocycles. The molecule has 7 nitrogen and oxygen atoms in total. The molecule has 1 aromatic carbocycles. The number of amides is 1. The highest BCUT2D eigenvalue weighted by Gasteiger charge is 2.31. The fourth-order valence-electron chi connectivity index (χ4n) is 3.10. The zero-order valence-electron chi connectivity index (χ0n) is 15.1. The van der Waals surface area contributed by atoms with E-state index in [4.69, 9.17) is 9.47 Å². The normalized spacial score (nSPS) is 20.6. The summed E-state index contributed by atoms with van der Waals surface area (Å²) in [6.07, 6.45) is 0.00240. The number of carbonyl (C=O) groups excluding carboxylic acids is 1. The summed E-state index contributed by atoms with van der Waals surface area (Å²) in [5, 5.41) is 8.20. The molecule has 2 unspecified atom stereocenters. The minimum absolute atomic E-state index is 0.00120. The number of hydrogen-bond acceptors (Lipinski definition) is 5. The summed E-state index contributed by atoms with van der Waals surface area (Å²) >= 11 is 0. The summed E-state index contributed by atoms with van der Waals surface area (Å²) in [4.78, 5) is 14.6. The van der Waals surface area contributed by atoms with E-state index >= 15 is 0 Å². The Morgan fingerprint density at radius 1 is 1.24 bits per heavy atom. The predicted molar refractivity (Wildman–Crippen MR) is 92.8 cm³/mol. The van der Waals surface area contributed by atoms with Crippen LogP contribution in [0.5, 0.6) is 5.88 Å². The predicted octanol–water partition coefficient (Wildman–Crippen LogP) is 1.89. The van der Waals surface area contributed by atoms with E-state index in [1.54, 1.807) is 9.58 Å². The number of aromatic nitrogens is 3. The average Bonchev–Trinajstić information content (AvgIpc) is 2.98. The van der Waals surface area contributed by atoms with Gasteiger partial charge in [-0.1, -0.05) is 35.0 Å². The Bertz CT molecular complexity index is 731. The van der Waals surface area contributed by atoms with Crippen molar-refractivity contribution >= 4 is 5.91 Å². The van der Waals surface area contributed by atoms with Crippen LogP contribution in [0.25, 0.3) is 0 Å².